The largest absolute Gasteiger partial charge is 0.497 e. The number of ether oxygens (including phenoxy) is 2. The predicted octanol–water partition coefficient (Wildman–Crippen LogP) is 2.51. The lowest BCUT2D eigenvalue weighted by Gasteiger charge is -2.12. The summed E-state index contributed by atoms with van der Waals surface area (Å²) in [6, 6.07) is 5.67. The van der Waals surface area contributed by atoms with Crippen LogP contribution in [0.1, 0.15) is 5.56 Å². The molecule has 19 heavy (non-hydrogen) atoms. The van der Waals surface area contributed by atoms with Crippen LogP contribution in [0.25, 0.3) is 11.3 Å². The van der Waals surface area contributed by atoms with Crippen molar-refractivity contribution in [3.05, 3.63) is 30.0 Å². The van der Waals surface area contributed by atoms with E-state index in [1.807, 2.05) is 25.1 Å². The van der Waals surface area contributed by atoms with E-state index in [0.717, 1.165) is 28.3 Å². The maximum atomic E-state index is 5.41. The molecule has 0 aliphatic heterocycles. The summed E-state index contributed by atoms with van der Waals surface area (Å²) < 4.78 is 10.6. The van der Waals surface area contributed by atoms with Gasteiger partial charge in [-0.15, -0.1) is 0 Å². The Morgan fingerprint density at radius 1 is 1.16 bits per heavy atom. The van der Waals surface area contributed by atoms with E-state index in [-0.39, 0.29) is 0 Å². The van der Waals surface area contributed by atoms with Crippen LogP contribution in [0.4, 0.5) is 5.95 Å². The van der Waals surface area contributed by atoms with Crippen LogP contribution >= 0.6 is 0 Å². The maximum Gasteiger partial charge on any atom is 0.222 e. The molecule has 2 rings (SSSR count). The fraction of sp³-hybridized carbons (Fsp3) is 0.286. The number of hydrogen-bond acceptors (Lipinski definition) is 5. The van der Waals surface area contributed by atoms with Gasteiger partial charge in [-0.05, 0) is 24.6 Å². The van der Waals surface area contributed by atoms with Gasteiger partial charge in [-0.2, -0.15) is 0 Å². The summed E-state index contributed by atoms with van der Waals surface area (Å²) in [5.41, 5.74) is 2.75. The van der Waals surface area contributed by atoms with Gasteiger partial charge in [-0.1, -0.05) is 0 Å². The van der Waals surface area contributed by atoms with E-state index in [1.165, 1.54) is 0 Å². The van der Waals surface area contributed by atoms with Crippen molar-refractivity contribution < 1.29 is 9.47 Å². The molecule has 0 amide bonds. The van der Waals surface area contributed by atoms with E-state index >= 15 is 0 Å². The van der Waals surface area contributed by atoms with E-state index in [0.29, 0.717) is 5.95 Å². The standard InChI is InChI=1S/C14H17N3O2/c1-9-8-16-14(15-2)17-13(9)11-6-5-10(18-3)7-12(11)19-4/h5-8H,1-4H3,(H,15,16,17). The number of nitrogens with one attached hydrogen (secondary N) is 1. The van der Waals surface area contributed by atoms with Crippen molar-refractivity contribution in [1.29, 1.82) is 0 Å². The molecule has 5 heteroatoms. The molecule has 0 unspecified atom stereocenters. The minimum Gasteiger partial charge on any atom is -0.497 e. The molecular formula is C14H17N3O2. The third-order valence-corrected chi connectivity index (χ3v) is 2.86. The summed E-state index contributed by atoms with van der Waals surface area (Å²) in [5, 5.41) is 2.94. The Morgan fingerprint density at radius 3 is 2.58 bits per heavy atom. The normalized spacial score (nSPS) is 10.1. The first-order valence-corrected chi connectivity index (χ1v) is 5.93. The number of hydrogen-bond donors (Lipinski definition) is 1. The van der Waals surface area contributed by atoms with Gasteiger partial charge < -0.3 is 14.8 Å². The first-order chi connectivity index (χ1) is 9.19. The highest BCUT2D eigenvalue weighted by Crippen LogP contribution is 2.33. The Morgan fingerprint density at radius 2 is 1.95 bits per heavy atom. The molecule has 1 N–H and O–H groups in total. The van der Waals surface area contributed by atoms with Gasteiger partial charge in [0.15, 0.2) is 0 Å². The van der Waals surface area contributed by atoms with Crippen LogP contribution in [0, 0.1) is 6.92 Å². The summed E-state index contributed by atoms with van der Waals surface area (Å²) in [6.07, 6.45) is 1.79. The molecule has 0 saturated carbocycles. The van der Waals surface area contributed by atoms with Crippen molar-refractivity contribution in [1.82, 2.24) is 9.97 Å². The molecule has 1 heterocycles. The van der Waals surface area contributed by atoms with E-state index in [4.69, 9.17) is 9.47 Å². The number of aromatic nitrogens is 2. The number of benzene rings is 1. The zero-order valence-electron chi connectivity index (χ0n) is 11.5. The summed E-state index contributed by atoms with van der Waals surface area (Å²) in [7, 11) is 5.05. The number of nitrogens with zero attached hydrogens (tertiary/aromatic N) is 2. The van der Waals surface area contributed by atoms with Gasteiger partial charge >= 0.3 is 0 Å². The highest BCUT2D eigenvalue weighted by atomic mass is 16.5. The number of anilines is 1. The minimum atomic E-state index is 0.582. The van der Waals surface area contributed by atoms with Crippen molar-refractivity contribution in [2.45, 2.75) is 6.92 Å². The molecule has 0 spiro atoms. The Kier molecular flexibility index (Phi) is 3.85. The minimum absolute atomic E-state index is 0.582. The third kappa shape index (κ3) is 2.59. The van der Waals surface area contributed by atoms with Gasteiger partial charge in [-0.3, -0.25) is 0 Å². The Bertz CT molecular complexity index is 585. The Hall–Kier alpha value is -2.30. The van der Waals surface area contributed by atoms with Crippen LogP contribution in [-0.2, 0) is 0 Å². The van der Waals surface area contributed by atoms with Crippen molar-refractivity contribution in [3.63, 3.8) is 0 Å². The van der Waals surface area contributed by atoms with Gasteiger partial charge in [0.05, 0.1) is 19.9 Å². The van der Waals surface area contributed by atoms with Gasteiger partial charge in [0.2, 0.25) is 5.95 Å². The molecule has 0 aliphatic carbocycles. The molecule has 1 aromatic carbocycles. The lowest BCUT2D eigenvalue weighted by molar-refractivity contribution is 0.395. The lowest BCUT2D eigenvalue weighted by atomic mass is 10.1. The van der Waals surface area contributed by atoms with Crippen molar-refractivity contribution in [3.8, 4) is 22.8 Å². The highest BCUT2D eigenvalue weighted by molar-refractivity contribution is 5.71. The number of methoxy groups -OCH3 is 2. The predicted molar refractivity (Wildman–Crippen MR) is 74.9 cm³/mol. The molecular weight excluding hydrogens is 242 g/mol. The zero-order chi connectivity index (χ0) is 13.8. The van der Waals surface area contributed by atoms with Crippen molar-refractivity contribution >= 4 is 5.95 Å². The fourth-order valence-corrected chi connectivity index (χ4v) is 1.83. The van der Waals surface area contributed by atoms with Crippen molar-refractivity contribution in [2.75, 3.05) is 26.6 Å². The molecule has 0 saturated heterocycles. The summed E-state index contributed by atoms with van der Waals surface area (Å²) in [4.78, 5) is 8.67. The van der Waals surface area contributed by atoms with E-state index < -0.39 is 0 Å². The molecule has 0 atom stereocenters. The molecule has 2 aromatic rings. The van der Waals surface area contributed by atoms with Crippen LogP contribution in [0.15, 0.2) is 24.4 Å². The summed E-state index contributed by atoms with van der Waals surface area (Å²) in [6.45, 7) is 1.97. The molecule has 0 aliphatic rings. The lowest BCUT2D eigenvalue weighted by Crippen LogP contribution is -2.00. The first-order valence-electron chi connectivity index (χ1n) is 5.93. The van der Waals surface area contributed by atoms with E-state index in [2.05, 4.69) is 15.3 Å². The molecule has 5 nitrogen and oxygen atoms in total. The average molecular weight is 259 g/mol. The molecule has 100 valence electrons. The van der Waals surface area contributed by atoms with E-state index in [1.54, 1.807) is 27.5 Å². The third-order valence-electron chi connectivity index (χ3n) is 2.86. The van der Waals surface area contributed by atoms with Gasteiger partial charge in [0.1, 0.15) is 11.5 Å². The topological polar surface area (TPSA) is 56.3 Å². The second-order valence-electron chi connectivity index (χ2n) is 4.04. The second-order valence-corrected chi connectivity index (χ2v) is 4.04. The van der Waals surface area contributed by atoms with Crippen LogP contribution in [-0.4, -0.2) is 31.2 Å². The van der Waals surface area contributed by atoms with Crippen LogP contribution < -0.4 is 14.8 Å². The quantitative estimate of drug-likeness (QED) is 0.914. The molecule has 0 radical (unpaired) electrons. The summed E-state index contributed by atoms with van der Waals surface area (Å²) in [5.74, 6) is 2.06. The number of aryl methyl sites for hydroxylation is 1. The Labute approximate surface area is 112 Å². The monoisotopic (exact) mass is 259 g/mol. The molecule has 0 bridgehead atoms. The molecule has 0 fully saturated rings. The van der Waals surface area contributed by atoms with Crippen LogP contribution in [0.3, 0.4) is 0 Å². The van der Waals surface area contributed by atoms with Crippen molar-refractivity contribution in [2.24, 2.45) is 0 Å². The van der Waals surface area contributed by atoms with Gasteiger partial charge in [-0.25, -0.2) is 9.97 Å². The fourth-order valence-electron chi connectivity index (χ4n) is 1.83. The zero-order valence-corrected chi connectivity index (χ0v) is 11.5. The first kappa shape index (κ1) is 13.1. The van der Waals surface area contributed by atoms with Crippen LogP contribution in [0.5, 0.6) is 11.5 Å². The van der Waals surface area contributed by atoms with Crippen LogP contribution in [0.2, 0.25) is 0 Å². The van der Waals surface area contributed by atoms with Gasteiger partial charge in [0.25, 0.3) is 0 Å². The van der Waals surface area contributed by atoms with E-state index in [9.17, 15) is 0 Å². The smallest absolute Gasteiger partial charge is 0.222 e. The Balaban J connectivity index is 2.57. The summed E-state index contributed by atoms with van der Waals surface area (Å²) >= 11 is 0. The average Bonchev–Trinajstić information content (AvgIpc) is 2.47. The molecule has 1 aromatic heterocycles. The SMILES string of the molecule is CNc1ncc(C)c(-c2ccc(OC)cc2OC)n1. The highest BCUT2D eigenvalue weighted by Gasteiger charge is 2.12. The number of rotatable bonds is 4. The van der Waals surface area contributed by atoms with Gasteiger partial charge in [0, 0.05) is 24.9 Å². The maximum absolute atomic E-state index is 5.41. The second kappa shape index (κ2) is 5.56.